The molecule has 2 rings (SSSR count). The van der Waals surface area contributed by atoms with E-state index in [0.717, 1.165) is 40.6 Å². The molecular formula is C15H20Br2N2O. The van der Waals surface area contributed by atoms with Gasteiger partial charge in [-0.1, -0.05) is 12.8 Å². The normalized spacial score (nSPS) is 15.8. The quantitative estimate of drug-likeness (QED) is 0.814. The number of carbonyl (C=O) groups is 1. The van der Waals surface area contributed by atoms with Gasteiger partial charge in [-0.15, -0.1) is 0 Å². The molecule has 0 spiro atoms. The number of likely N-dealkylation sites (tertiary alicyclic amines) is 1. The molecular weight excluding hydrogens is 384 g/mol. The Hall–Kier alpha value is -0.550. The van der Waals surface area contributed by atoms with Gasteiger partial charge in [-0.05, 0) is 69.3 Å². The zero-order valence-corrected chi connectivity index (χ0v) is 14.9. The van der Waals surface area contributed by atoms with Crippen LogP contribution in [-0.2, 0) is 4.79 Å². The minimum atomic E-state index is 0.186. The number of nitrogens with one attached hydrogen (secondary N) is 1. The highest BCUT2D eigenvalue weighted by molar-refractivity contribution is 9.11. The van der Waals surface area contributed by atoms with Crippen molar-refractivity contribution in [1.82, 2.24) is 4.90 Å². The molecule has 0 radical (unpaired) electrons. The van der Waals surface area contributed by atoms with Gasteiger partial charge in [-0.25, -0.2) is 0 Å². The molecule has 0 aromatic heterocycles. The second-order valence-corrected chi connectivity index (χ2v) is 6.96. The van der Waals surface area contributed by atoms with Crippen LogP contribution in [0.1, 0.15) is 31.2 Å². The third-order valence-corrected chi connectivity index (χ3v) is 4.81. The van der Waals surface area contributed by atoms with Crippen molar-refractivity contribution in [3.8, 4) is 0 Å². The van der Waals surface area contributed by atoms with Crippen LogP contribution in [0.15, 0.2) is 21.1 Å². The molecule has 0 aliphatic carbocycles. The summed E-state index contributed by atoms with van der Waals surface area (Å²) in [5.74, 6) is 0.186. The van der Waals surface area contributed by atoms with Crippen molar-refractivity contribution in [2.24, 2.45) is 0 Å². The van der Waals surface area contributed by atoms with Crippen LogP contribution in [0.3, 0.4) is 0 Å². The standard InChI is InChI=1S/C15H20Br2N2O/c1-11-8-12(16)15(13(17)9-11)18-10-14(20)19-6-4-2-3-5-7-19/h8-9,18H,2-7,10H2,1H3. The fraction of sp³-hybridized carbons (Fsp3) is 0.533. The molecule has 1 saturated heterocycles. The summed E-state index contributed by atoms with van der Waals surface area (Å²) in [7, 11) is 0. The number of nitrogens with zero attached hydrogens (tertiary/aromatic N) is 1. The molecule has 0 unspecified atom stereocenters. The fourth-order valence-electron chi connectivity index (χ4n) is 2.46. The Balaban J connectivity index is 1.96. The van der Waals surface area contributed by atoms with E-state index in [2.05, 4.69) is 37.2 Å². The molecule has 1 aromatic rings. The van der Waals surface area contributed by atoms with Crippen molar-refractivity contribution >= 4 is 43.5 Å². The predicted molar refractivity (Wildman–Crippen MR) is 90.1 cm³/mol. The number of carbonyl (C=O) groups excluding carboxylic acids is 1. The molecule has 20 heavy (non-hydrogen) atoms. The number of hydrogen-bond acceptors (Lipinski definition) is 2. The van der Waals surface area contributed by atoms with Gasteiger partial charge in [-0.2, -0.15) is 0 Å². The Labute approximate surface area is 137 Å². The van der Waals surface area contributed by atoms with Crippen LogP contribution in [0, 0.1) is 6.92 Å². The molecule has 110 valence electrons. The van der Waals surface area contributed by atoms with Crippen molar-refractivity contribution < 1.29 is 4.79 Å². The van der Waals surface area contributed by atoms with Gasteiger partial charge in [0.2, 0.25) is 5.91 Å². The second-order valence-electron chi connectivity index (χ2n) is 5.25. The molecule has 0 atom stereocenters. The first-order valence-corrected chi connectivity index (χ1v) is 8.64. The predicted octanol–water partition coefficient (Wildman–Crippen LogP) is 4.33. The van der Waals surface area contributed by atoms with E-state index in [-0.39, 0.29) is 5.91 Å². The van der Waals surface area contributed by atoms with Gasteiger partial charge < -0.3 is 10.2 Å². The van der Waals surface area contributed by atoms with Crippen LogP contribution in [0.2, 0.25) is 0 Å². The maximum atomic E-state index is 12.2. The molecule has 3 nitrogen and oxygen atoms in total. The van der Waals surface area contributed by atoms with Crippen LogP contribution in [0.5, 0.6) is 0 Å². The van der Waals surface area contributed by atoms with Gasteiger partial charge >= 0.3 is 0 Å². The molecule has 0 bridgehead atoms. The van der Waals surface area contributed by atoms with Gasteiger partial charge in [0.25, 0.3) is 0 Å². The minimum absolute atomic E-state index is 0.186. The average molecular weight is 404 g/mol. The minimum Gasteiger partial charge on any atom is -0.374 e. The Bertz CT molecular complexity index is 460. The summed E-state index contributed by atoms with van der Waals surface area (Å²) in [6, 6.07) is 4.09. The number of hydrogen-bond donors (Lipinski definition) is 1. The van der Waals surface area contributed by atoms with Crippen LogP contribution in [-0.4, -0.2) is 30.4 Å². The maximum Gasteiger partial charge on any atom is 0.241 e. The lowest BCUT2D eigenvalue weighted by molar-refractivity contribution is -0.129. The summed E-state index contributed by atoms with van der Waals surface area (Å²) in [5.41, 5.74) is 2.12. The lowest BCUT2D eigenvalue weighted by Gasteiger charge is -2.21. The summed E-state index contributed by atoms with van der Waals surface area (Å²) < 4.78 is 1.96. The third-order valence-electron chi connectivity index (χ3n) is 3.56. The number of amides is 1. The molecule has 0 saturated carbocycles. The van der Waals surface area contributed by atoms with E-state index < -0.39 is 0 Å². The highest BCUT2D eigenvalue weighted by atomic mass is 79.9. The van der Waals surface area contributed by atoms with E-state index >= 15 is 0 Å². The van der Waals surface area contributed by atoms with Crippen LogP contribution in [0.4, 0.5) is 5.69 Å². The Morgan fingerprint density at radius 2 is 1.70 bits per heavy atom. The van der Waals surface area contributed by atoms with E-state index in [1.54, 1.807) is 0 Å². The molecule has 5 heteroatoms. The smallest absolute Gasteiger partial charge is 0.241 e. The summed E-state index contributed by atoms with van der Waals surface area (Å²) in [5, 5.41) is 3.24. The van der Waals surface area contributed by atoms with Gasteiger partial charge in [0.15, 0.2) is 0 Å². The van der Waals surface area contributed by atoms with Crippen molar-refractivity contribution in [3.05, 3.63) is 26.6 Å². The molecule has 1 aromatic carbocycles. The summed E-state index contributed by atoms with van der Waals surface area (Å²) in [6.07, 6.45) is 4.74. The first kappa shape index (κ1) is 15.8. The summed E-state index contributed by atoms with van der Waals surface area (Å²) in [6.45, 7) is 4.19. The van der Waals surface area contributed by atoms with Crippen LogP contribution >= 0.6 is 31.9 Å². The van der Waals surface area contributed by atoms with Gasteiger partial charge in [0.05, 0.1) is 12.2 Å². The van der Waals surface area contributed by atoms with Crippen molar-refractivity contribution in [2.75, 3.05) is 25.0 Å². The van der Waals surface area contributed by atoms with Gasteiger partial charge in [0.1, 0.15) is 0 Å². The Kier molecular flexibility index (Phi) is 5.90. The lowest BCUT2D eigenvalue weighted by Crippen LogP contribution is -2.36. The highest BCUT2D eigenvalue weighted by Crippen LogP contribution is 2.32. The summed E-state index contributed by atoms with van der Waals surface area (Å²) >= 11 is 7.08. The molecule has 1 aliphatic heterocycles. The van der Waals surface area contributed by atoms with Gasteiger partial charge in [-0.3, -0.25) is 4.79 Å². The number of aryl methyl sites for hydroxylation is 1. The molecule has 1 heterocycles. The number of halogens is 2. The Morgan fingerprint density at radius 1 is 1.15 bits per heavy atom. The van der Waals surface area contributed by atoms with E-state index in [1.165, 1.54) is 18.4 Å². The zero-order chi connectivity index (χ0) is 14.5. The van der Waals surface area contributed by atoms with Crippen molar-refractivity contribution in [3.63, 3.8) is 0 Å². The van der Waals surface area contributed by atoms with Crippen molar-refractivity contribution in [1.29, 1.82) is 0 Å². The monoisotopic (exact) mass is 402 g/mol. The fourth-order valence-corrected chi connectivity index (χ4v) is 4.16. The topological polar surface area (TPSA) is 32.3 Å². The van der Waals surface area contributed by atoms with Crippen molar-refractivity contribution in [2.45, 2.75) is 32.6 Å². The number of rotatable bonds is 3. The van der Waals surface area contributed by atoms with Gasteiger partial charge in [0, 0.05) is 22.0 Å². The SMILES string of the molecule is Cc1cc(Br)c(NCC(=O)N2CCCCCC2)c(Br)c1. The van der Waals surface area contributed by atoms with Crippen LogP contribution in [0.25, 0.3) is 0 Å². The maximum absolute atomic E-state index is 12.2. The zero-order valence-electron chi connectivity index (χ0n) is 11.7. The van der Waals surface area contributed by atoms with E-state index in [4.69, 9.17) is 0 Å². The Morgan fingerprint density at radius 3 is 2.25 bits per heavy atom. The molecule has 1 amide bonds. The third kappa shape index (κ3) is 4.22. The molecule has 1 N–H and O–H groups in total. The number of benzene rings is 1. The van der Waals surface area contributed by atoms with E-state index in [9.17, 15) is 4.79 Å². The average Bonchev–Trinajstić information content (AvgIpc) is 2.66. The first-order chi connectivity index (χ1) is 9.58. The lowest BCUT2D eigenvalue weighted by atomic mass is 10.2. The highest BCUT2D eigenvalue weighted by Gasteiger charge is 2.16. The van der Waals surface area contributed by atoms with Crippen LogP contribution < -0.4 is 5.32 Å². The first-order valence-electron chi connectivity index (χ1n) is 7.05. The largest absolute Gasteiger partial charge is 0.374 e. The molecule has 1 fully saturated rings. The second kappa shape index (κ2) is 7.46. The summed E-state index contributed by atoms with van der Waals surface area (Å²) in [4.78, 5) is 14.2. The van der Waals surface area contributed by atoms with E-state index in [0.29, 0.717) is 6.54 Å². The number of anilines is 1. The van der Waals surface area contributed by atoms with E-state index in [1.807, 2.05) is 24.0 Å². The molecule has 1 aliphatic rings.